The molecule has 0 aliphatic rings. The Morgan fingerprint density at radius 2 is 1.49 bits per heavy atom. The predicted molar refractivity (Wildman–Crippen MR) is 171 cm³/mol. The summed E-state index contributed by atoms with van der Waals surface area (Å²) in [7, 11) is -3.85. The lowest BCUT2D eigenvalue weighted by molar-refractivity contribution is 0.319. The lowest BCUT2D eigenvalue weighted by Crippen LogP contribution is -2.32. The molecular formula is C35H45N3O2S. The van der Waals surface area contributed by atoms with Crippen molar-refractivity contribution in [2.45, 2.75) is 96.4 Å². The van der Waals surface area contributed by atoms with Gasteiger partial charge in [-0.05, 0) is 74.8 Å². The highest BCUT2D eigenvalue weighted by Crippen LogP contribution is 2.40. The van der Waals surface area contributed by atoms with E-state index in [1.54, 1.807) is 24.3 Å². The number of hydrogen-bond donors (Lipinski definition) is 1. The average Bonchev–Trinajstić information content (AvgIpc) is 3.33. The SMILES string of the molecule is CCCCCCc1ccc(-c2c(C(C)C)nn(C(C)(C)Cc3ccc(C)cc3)c2NS(=O)(=O)c2ccccc2)cc1. The van der Waals surface area contributed by atoms with Crippen molar-refractivity contribution >= 4 is 15.8 Å². The zero-order chi connectivity index (χ0) is 29.6. The third-order valence-corrected chi connectivity index (χ3v) is 8.99. The largest absolute Gasteiger partial charge is 0.263 e. The van der Waals surface area contributed by atoms with Crippen molar-refractivity contribution in [1.82, 2.24) is 9.78 Å². The number of rotatable bonds is 13. The minimum absolute atomic E-state index is 0.0927. The Kier molecular flexibility index (Phi) is 9.75. The topological polar surface area (TPSA) is 64.0 Å². The second-order valence-electron chi connectivity index (χ2n) is 12.1. The molecule has 0 atom stereocenters. The second kappa shape index (κ2) is 13.1. The van der Waals surface area contributed by atoms with Crippen LogP contribution in [0.4, 0.5) is 5.82 Å². The van der Waals surface area contributed by atoms with Crippen LogP contribution in [-0.2, 0) is 28.4 Å². The smallest absolute Gasteiger partial charge is 0.263 e. The molecule has 0 spiro atoms. The van der Waals surface area contributed by atoms with Crippen LogP contribution in [0.3, 0.4) is 0 Å². The maximum absolute atomic E-state index is 13.7. The van der Waals surface area contributed by atoms with Gasteiger partial charge in [0.1, 0.15) is 5.82 Å². The molecule has 0 unspecified atom stereocenters. The number of benzene rings is 3. The third-order valence-electron chi connectivity index (χ3n) is 7.64. The van der Waals surface area contributed by atoms with E-state index in [2.05, 4.69) is 94.8 Å². The molecule has 0 aliphatic carbocycles. The van der Waals surface area contributed by atoms with Gasteiger partial charge in [0.25, 0.3) is 10.0 Å². The first-order valence-corrected chi connectivity index (χ1v) is 16.4. The monoisotopic (exact) mass is 571 g/mol. The summed E-state index contributed by atoms with van der Waals surface area (Å²) >= 11 is 0. The Balaban J connectivity index is 1.82. The highest BCUT2D eigenvalue weighted by atomic mass is 32.2. The molecule has 0 saturated carbocycles. The first-order valence-electron chi connectivity index (χ1n) is 14.9. The summed E-state index contributed by atoms with van der Waals surface area (Å²) in [5, 5.41) is 5.13. The zero-order valence-corrected chi connectivity index (χ0v) is 26.3. The van der Waals surface area contributed by atoms with Gasteiger partial charge in [-0.15, -0.1) is 0 Å². The highest BCUT2D eigenvalue weighted by molar-refractivity contribution is 7.92. The van der Waals surface area contributed by atoms with Crippen molar-refractivity contribution in [3.05, 3.63) is 101 Å². The first-order chi connectivity index (χ1) is 19.5. The molecule has 6 heteroatoms. The number of nitrogens with zero attached hydrogens (tertiary/aromatic N) is 2. The fourth-order valence-electron chi connectivity index (χ4n) is 5.32. The molecule has 0 aliphatic heterocycles. The van der Waals surface area contributed by atoms with Crippen LogP contribution < -0.4 is 4.72 Å². The predicted octanol–water partition coefficient (Wildman–Crippen LogP) is 8.88. The Hall–Kier alpha value is -3.38. The van der Waals surface area contributed by atoms with E-state index in [1.165, 1.54) is 42.4 Å². The van der Waals surface area contributed by atoms with E-state index in [0.717, 1.165) is 23.2 Å². The lowest BCUT2D eigenvalue weighted by atomic mass is 9.94. The second-order valence-corrected chi connectivity index (χ2v) is 13.8. The lowest BCUT2D eigenvalue weighted by Gasteiger charge is -2.28. The quantitative estimate of drug-likeness (QED) is 0.163. The summed E-state index contributed by atoms with van der Waals surface area (Å²) in [5.74, 6) is 0.598. The van der Waals surface area contributed by atoms with E-state index >= 15 is 0 Å². The molecule has 218 valence electrons. The van der Waals surface area contributed by atoms with Crippen molar-refractivity contribution < 1.29 is 8.42 Å². The Morgan fingerprint density at radius 1 is 0.854 bits per heavy atom. The molecule has 41 heavy (non-hydrogen) atoms. The molecule has 4 rings (SSSR count). The molecule has 0 fully saturated rings. The van der Waals surface area contributed by atoms with Gasteiger partial charge < -0.3 is 0 Å². The Morgan fingerprint density at radius 3 is 2.10 bits per heavy atom. The van der Waals surface area contributed by atoms with Crippen LogP contribution in [0.2, 0.25) is 0 Å². The summed E-state index contributed by atoms with van der Waals surface area (Å²) in [4.78, 5) is 0.226. The van der Waals surface area contributed by atoms with E-state index in [4.69, 9.17) is 5.10 Å². The van der Waals surface area contributed by atoms with Crippen LogP contribution in [0.25, 0.3) is 11.1 Å². The molecule has 4 aromatic rings. The third kappa shape index (κ3) is 7.48. The number of aryl methyl sites for hydroxylation is 2. The van der Waals surface area contributed by atoms with Gasteiger partial charge in [-0.25, -0.2) is 13.1 Å². The van der Waals surface area contributed by atoms with Crippen LogP contribution in [0.1, 0.15) is 88.6 Å². The molecule has 1 aromatic heterocycles. The van der Waals surface area contributed by atoms with E-state index in [9.17, 15) is 8.42 Å². The van der Waals surface area contributed by atoms with Crippen molar-refractivity contribution in [1.29, 1.82) is 0 Å². The first kappa shape index (κ1) is 30.6. The minimum Gasteiger partial charge on any atom is -0.263 e. The standard InChI is InChI=1S/C35H45N3O2S/c1-7-8-9-11-14-28-21-23-30(24-22-28)32-33(26(2)3)36-38(35(5,6)25-29-19-17-27(4)18-20-29)34(32)37-41(39,40)31-15-12-10-13-16-31/h10,12-13,15-24,26,37H,7-9,11,14,25H2,1-6H3. The van der Waals surface area contributed by atoms with E-state index in [1.807, 2.05) is 10.7 Å². The summed E-state index contributed by atoms with van der Waals surface area (Å²) in [6, 6.07) is 25.6. The van der Waals surface area contributed by atoms with Gasteiger partial charge in [0, 0.05) is 5.56 Å². The highest BCUT2D eigenvalue weighted by Gasteiger charge is 2.32. The van der Waals surface area contributed by atoms with Crippen LogP contribution in [-0.4, -0.2) is 18.2 Å². The van der Waals surface area contributed by atoms with Crippen molar-refractivity contribution in [3.63, 3.8) is 0 Å². The maximum Gasteiger partial charge on any atom is 0.263 e. The Bertz CT molecular complexity index is 1520. The van der Waals surface area contributed by atoms with E-state index < -0.39 is 15.6 Å². The summed E-state index contributed by atoms with van der Waals surface area (Å²) in [6.07, 6.45) is 6.65. The van der Waals surface area contributed by atoms with Crippen LogP contribution in [0.5, 0.6) is 0 Å². The van der Waals surface area contributed by atoms with Gasteiger partial charge in [-0.3, -0.25) is 4.72 Å². The zero-order valence-electron chi connectivity index (χ0n) is 25.4. The van der Waals surface area contributed by atoms with Gasteiger partial charge in [0.05, 0.1) is 16.1 Å². The van der Waals surface area contributed by atoms with E-state index in [0.29, 0.717) is 12.2 Å². The molecule has 0 radical (unpaired) electrons. The average molecular weight is 572 g/mol. The van der Waals surface area contributed by atoms with Crippen LogP contribution >= 0.6 is 0 Å². The molecule has 0 saturated heterocycles. The maximum atomic E-state index is 13.7. The number of aromatic nitrogens is 2. The van der Waals surface area contributed by atoms with Crippen LogP contribution in [0.15, 0.2) is 83.8 Å². The van der Waals surface area contributed by atoms with Crippen molar-refractivity contribution in [2.75, 3.05) is 4.72 Å². The molecule has 5 nitrogen and oxygen atoms in total. The molecule has 1 N–H and O–H groups in total. The van der Waals surface area contributed by atoms with Gasteiger partial charge in [-0.2, -0.15) is 5.10 Å². The number of unbranched alkanes of at least 4 members (excludes halogenated alkanes) is 3. The number of sulfonamides is 1. The number of anilines is 1. The normalized spacial score (nSPS) is 12.2. The summed E-state index contributed by atoms with van der Waals surface area (Å²) in [6.45, 7) is 12.8. The molecule has 1 heterocycles. The molecule has 3 aromatic carbocycles. The minimum atomic E-state index is -3.85. The summed E-state index contributed by atoms with van der Waals surface area (Å²) < 4.78 is 32.3. The summed E-state index contributed by atoms with van der Waals surface area (Å²) in [5.41, 5.74) is 5.86. The fraction of sp³-hybridized carbons (Fsp3) is 0.400. The van der Waals surface area contributed by atoms with Gasteiger partial charge in [0.15, 0.2) is 0 Å². The molecular weight excluding hydrogens is 526 g/mol. The van der Waals surface area contributed by atoms with E-state index in [-0.39, 0.29) is 10.8 Å². The molecule has 0 amide bonds. The van der Waals surface area contributed by atoms with Crippen LogP contribution in [0, 0.1) is 6.92 Å². The van der Waals surface area contributed by atoms with Crippen molar-refractivity contribution in [2.24, 2.45) is 0 Å². The fourth-order valence-corrected chi connectivity index (χ4v) is 6.39. The van der Waals surface area contributed by atoms with Crippen molar-refractivity contribution in [3.8, 4) is 11.1 Å². The van der Waals surface area contributed by atoms with Gasteiger partial charge in [0.2, 0.25) is 0 Å². The Labute approximate surface area is 247 Å². The number of hydrogen-bond acceptors (Lipinski definition) is 3. The van der Waals surface area contributed by atoms with Gasteiger partial charge >= 0.3 is 0 Å². The number of nitrogens with one attached hydrogen (secondary N) is 1. The van der Waals surface area contributed by atoms with Gasteiger partial charge in [-0.1, -0.05) is 112 Å². The molecule has 0 bridgehead atoms.